The number of benzene rings is 1. The maximum absolute atomic E-state index is 13.6. The zero-order valence-electron chi connectivity index (χ0n) is 20.3. The molecule has 1 aromatic carbocycles. The van der Waals surface area contributed by atoms with E-state index >= 15 is 0 Å². The highest BCUT2D eigenvalue weighted by Crippen LogP contribution is 2.33. The van der Waals surface area contributed by atoms with Gasteiger partial charge in [-0.2, -0.15) is 5.10 Å². The first-order valence-corrected chi connectivity index (χ1v) is 12.7. The molecule has 2 aliphatic heterocycles. The Morgan fingerprint density at radius 3 is 2.72 bits per heavy atom. The van der Waals surface area contributed by atoms with Crippen LogP contribution in [-0.2, 0) is 20.1 Å². The molecule has 2 aliphatic rings. The third-order valence-corrected chi connectivity index (χ3v) is 7.29. The van der Waals surface area contributed by atoms with Crippen molar-refractivity contribution in [3.63, 3.8) is 0 Å². The minimum atomic E-state index is -0.0969. The molecule has 0 aliphatic carbocycles. The Hall–Kier alpha value is -3.60. The average molecular weight is 553 g/mol. The molecular formula is C25H29BrN8O2. The van der Waals surface area contributed by atoms with Crippen LogP contribution in [0.2, 0.25) is 0 Å². The molecule has 4 heterocycles. The third-order valence-electron chi connectivity index (χ3n) is 6.83. The molecular weight excluding hydrogens is 524 g/mol. The van der Waals surface area contributed by atoms with Crippen molar-refractivity contribution in [1.29, 1.82) is 0 Å². The van der Waals surface area contributed by atoms with Gasteiger partial charge in [0.2, 0.25) is 0 Å². The number of carbonyl (C=O) groups excluding carboxylic acids is 2. The van der Waals surface area contributed by atoms with E-state index in [1.807, 2.05) is 28.9 Å². The van der Waals surface area contributed by atoms with Gasteiger partial charge in [0, 0.05) is 62.2 Å². The van der Waals surface area contributed by atoms with Gasteiger partial charge in [-0.1, -0.05) is 15.9 Å². The van der Waals surface area contributed by atoms with Crippen LogP contribution >= 0.6 is 15.9 Å². The Bertz CT molecular complexity index is 1320. The van der Waals surface area contributed by atoms with E-state index in [0.29, 0.717) is 48.7 Å². The predicted molar refractivity (Wildman–Crippen MR) is 142 cm³/mol. The number of rotatable bonds is 5. The molecule has 0 saturated carbocycles. The Morgan fingerprint density at radius 2 is 1.94 bits per heavy atom. The normalized spacial score (nSPS) is 17.1. The first kappa shape index (κ1) is 24.1. The van der Waals surface area contributed by atoms with Gasteiger partial charge in [0.15, 0.2) is 0 Å². The number of anilines is 3. The number of carbonyl (C=O) groups is 2. The summed E-state index contributed by atoms with van der Waals surface area (Å²) in [7, 11) is 3.68. The van der Waals surface area contributed by atoms with Crippen molar-refractivity contribution < 1.29 is 9.59 Å². The number of likely N-dealkylation sites (tertiary alicyclic amines) is 1. The van der Waals surface area contributed by atoms with E-state index in [2.05, 4.69) is 36.6 Å². The fourth-order valence-corrected chi connectivity index (χ4v) is 5.39. The third kappa shape index (κ3) is 4.62. The summed E-state index contributed by atoms with van der Waals surface area (Å²) in [4.78, 5) is 34.6. The molecule has 1 saturated heterocycles. The number of piperidine rings is 1. The fourth-order valence-electron chi connectivity index (χ4n) is 4.92. The highest BCUT2D eigenvalue weighted by Gasteiger charge is 2.31. The summed E-state index contributed by atoms with van der Waals surface area (Å²) < 4.78 is 2.55. The zero-order valence-corrected chi connectivity index (χ0v) is 21.9. The van der Waals surface area contributed by atoms with Gasteiger partial charge in [-0.15, -0.1) is 0 Å². The van der Waals surface area contributed by atoms with Gasteiger partial charge in [0.05, 0.1) is 46.6 Å². The van der Waals surface area contributed by atoms with Crippen molar-refractivity contribution in [1.82, 2.24) is 24.6 Å². The highest BCUT2D eigenvalue weighted by molar-refractivity contribution is 9.10. The van der Waals surface area contributed by atoms with E-state index in [-0.39, 0.29) is 17.9 Å². The van der Waals surface area contributed by atoms with Crippen molar-refractivity contribution in [2.75, 3.05) is 36.5 Å². The molecule has 2 aromatic heterocycles. The van der Waals surface area contributed by atoms with E-state index in [4.69, 9.17) is 5.73 Å². The lowest BCUT2D eigenvalue weighted by molar-refractivity contribution is 0.0711. The van der Waals surface area contributed by atoms with Crippen LogP contribution in [0.15, 0.2) is 41.3 Å². The number of hydrogen-bond acceptors (Lipinski definition) is 7. The Kier molecular flexibility index (Phi) is 6.57. The van der Waals surface area contributed by atoms with Crippen molar-refractivity contribution in [3.05, 3.63) is 63.6 Å². The molecule has 0 bridgehead atoms. The molecule has 5 rings (SSSR count). The van der Waals surface area contributed by atoms with Crippen LogP contribution in [0.1, 0.15) is 44.8 Å². The summed E-state index contributed by atoms with van der Waals surface area (Å²) in [6.07, 6.45) is 6.79. The number of nitrogens with one attached hydrogen (secondary N) is 2. The highest BCUT2D eigenvalue weighted by atomic mass is 79.9. The number of fused-ring (bicyclic) bond motifs is 1. The van der Waals surface area contributed by atoms with Crippen LogP contribution < -0.4 is 16.4 Å². The molecule has 4 N–H and O–H groups in total. The Labute approximate surface area is 218 Å². The summed E-state index contributed by atoms with van der Waals surface area (Å²) in [5.74, 6) is -0.157. The number of nitrogens with two attached hydrogens (primary N) is 1. The first-order valence-electron chi connectivity index (χ1n) is 11.9. The monoisotopic (exact) mass is 552 g/mol. The van der Waals surface area contributed by atoms with Crippen molar-refractivity contribution in [2.24, 2.45) is 7.05 Å². The number of amides is 2. The summed E-state index contributed by atoms with van der Waals surface area (Å²) in [6, 6.07) is 5.36. The number of aromatic nitrogens is 3. The first-order chi connectivity index (χ1) is 17.3. The minimum absolute atomic E-state index is 0.0434. The maximum atomic E-state index is 13.6. The van der Waals surface area contributed by atoms with Crippen LogP contribution in [0.5, 0.6) is 0 Å². The lowest BCUT2D eigenvalue weighted by atomic mass is 10.0. The van der Waals surface area contributed by atoms with Crippen LogP contribution in [0, 0.1) is 0 Å². The van der Waals surface area contributed by atoms with Gasteiger partial charge < -0.3 is 26.2 Å². The van der Waals surface area contributed by atoms with Gasteiger partial charge in [-0.3, -0.25) is 19.3 Å². The smallest absolute Gasteiger partial charge is 0.256 e. The Morgan fingerprint density at radius 1 is 1.11 bits per heavy atom. The van der Waals surface area contributed by atoms with Crippen LogP contribution in [-0.4, -0.2) is 62.6 Å². The molecule has 3 aromatic rings. The largest absolute Gasteiger partial charge is 0.397 e. The van der Waals surface area contributed by atoms with Gasteiger partial charge in [-0.05, 0) is 31.0 Å². The van der Waals surface area contributed by atoms with Gasteiger partial charge in [0.25, 0.3) is 11.8 Å². The number of pyridine rings is 1. The molecule has 36 heavy (non-hydrogen) atoms. The zero-order chi connectivity index (χ0) is 25.4. The van der Waals surface area contributed by atoms with E-state index in [1.165, 1.54) is 0 Å². The topological polar surface area (TPSA) is 121 Å². The van der Waals surface area contributed by atoms with Gasteiger partial charge >= 0.3 is 0 Å². The van der Waals surface area contributed by atoms with E-state index in [0.717, 1.165) is 34.3 Å². The molecule has 188 valence electrons. The quantitative estimate of drug-likeness (QED) is 0.416. The summed E-state index contributed by atoms with van der Waals surface area (Å²) in [5.41, 5.74) is 11.4. The van der Waals surface area contributed by atoms with Crippen molar-refractivity contribution in [2.45, 2.75) is 32.0 Å². The SMILES string of the molecule is CNc1cncc(C(=O)N2CCC[C@@H](Nc3c(N)cc(Br)cc3C(=O)N3Cc4cnn(C)c4C3)C2)c1. The second kappa shape index (κ2) is 9.81. The molecule has 1 fully saturated rings. The van der Waals surface area contributed by atoms with Crippen molar-refractivity contribution >= 4 is 44.8 Å². The lowest BCUT2D eigenvalue weighted by Gasteiger charge is -2.34. The molecule has 1 atom stereocenters. The van der Waals surface area contributed by atoms with Crippen LogP contribution in [0.4, 0.5) is 17.1 Å². The molecule has 0 unspecified atom stereocenters. The number of nitrogens with zero attached hydrogens (tertiary/aromatic N) is 5. The number of halogens is 1. The number of hydrogen-bond donors (Lipinski definition) is 3. The number of aryl methyl sites for hydroxylation is 1. The second-order valence-electron chi connectivity index (χ2n) is 9.27. The Balaban J connectivity index is 1.35. The molecule has 0 spiro atoms. The van der Waals surface area contributed by atoms with Crippen LogP contribution in [0.25, 0.3) is 0 Å². The van der Waals surface area contributed by atoms with Crippen molar-refractivity contribution in [3.8, 4) is 0 Å². The predicted octanol–water partition coefficient (Wildman–Crippen LogP) is 3.07. The number of nitrogen functional groups attached to an aromatic ring is 1. The lowest BCUT2D eigenvalue weighted by Crippen LogP contribution is -2.45. The van der Waals surface area contributed by atoms with E-state index in [1.54, 1.807) is 36.5 Å². The maximum Gasteiger partial charge on any atom is 0.256 e. The standard InChI is InChI=1S/C25H29BrN8O2/c1-28-19-6-15(9-29-11-19)24(35)33-5-3-4-18(13-33)31-23-20(7-17(26)8-21(23)27)25(36)34-12-16-10-30-32(2)22(16)14-34/h6-11,18,28,31H,3-5,12-14,27H2,1-2H3/t18-/m1/s1. The molecule has 0 radical (unpaired) electrons. The van der Waals surface area contributed by atoms with Gasteiger partial charge in [-0.25, -0.2) is 0 Å². The average Bonchev–Trinajstić information content (AvgIpc) is 3.46. The van der Waals surface area contributed by atoms with E-state index < -0.39 is 0 Å². The summed E-state index contributed by atoms with van der Waals surface area (Å²) in [5, 5.41) is 10.8. The summed E-state index contributed by atoms with van der Waals surface area (Å²) >= 11 is 3.49. The van der Waals surface area contributed by atoms with Crippen LogP contribution in [0.3, 0.4) is 0 Å². The molecule has 2 amide bonds. The van der Waals surface area contributed by atoms with E-state index in [9.17, 15) is 9.59 Å². The fraction of sp³-hybridized carbons (Fsp3) is 0.360. The summed E-state index contributed by atoms with van der Waals surface area (Å²) in [6.45, 7) is 2.19. The van der Waals surface area contributed by atoms with Gasteiger partial charge in [0.1, 0.15) is 0 Å². The molecule has 11 heteroatoms. The molecule has 10 nitrogen and oxygen atoms in total. The second-order valence-corrected chi connectivity index (χ2v) is 10.2. The minimum Gasteiger partial charge on any atom is -0.397 e.